The summed E-state index contributed by atoms with van der Waals surface area (Å²) in [5.41, 5.74) is 1.17. The molecule has 0 unspecified atom stereocenters. The topological polar surface area (TPSA) is 199 Å². The Bertz CT molecular complexity index is 1420. The summed E-state index contributed by atoms with van der Waals surface area (Å²) in [7, 11) is -4.35. The Labute approximate surface area is 228 Å². The van der Waals surface area contributed by atoms with Gasteiger partial charge in [0, 0.05) is 37.7 Å². The van der Waals surface area contributed by atoms with Crippen molar-refractivity contribution in [2.75, 3.05) is 6.54 Å². The molecule has 0 radical (unpaired) electrons. The Morgan fingerprint density at radius 3 is 2.27 bits per heavy atom. The molecule has 2 atom stereocenters. The van der Waals surface area contributed by atoms with Crippen molar-refractivity contribution in [2.24, 2.45) is 0 Å². The Hall–Kier alpha value is -4.79. The highest BCUT2D eigenvalue weighted by molar-refractivity contribution is 7.90. The number of nitrogens with zero attached hydrogens (tertiary/aromatic N) is 1. The minimum atomic E-state index is -4.35. The van der Waals surface area contributed by atoms with Crippen LogP contribution in [0.25, 0.3) is 0 Å². The van der Waals surface area contributed by atoms with Crippen LogP contribution in [0.2, 0.25) is 0 Å². The number of carboxylic acids is 1. The Balaban J connectivity index is 1.59. The number of aromatic nitrogens is 2. The summed E-state index contributed by atoms with van der Waals surface area (Å²) in [6, 6.07) is 8.75. The van der Waals surface area contributed by atoms with Crippen molar-refractivity contribution in [3.8, 4) is 0 Å². The maximum atomic E-state index is 13.1. The molecular weight excluding hydrogens is 547 g/mol. The fraction of sp³-hybridized carbons (Fsp3) is 0.240. The lowest BCUT2D eigenvalue weighted by Gasteiger charge is -2.19. The molecular formula is C25H27FN6O7S. The minimum Gasteiger partial charge on any atom is -0.480 e. The first-order chi connectivity index (χ1) is 19.0. The minimum absolute atomic E-state index is 0.00580. The van der Waals surface area contributed by atoms with Gasteiger partial charge in [0.1, 0.15) is 17.9 Å². The van der Waals surface area contributed by atoms with Crippen LogP contribution in [0, 0.1) is 5.82 Å². The third-order valence-corrected chi connectivity index (χ3v) is 6.87. The molecule has 1 aromatic heterocycles. The molecule has 2 aromatic carbocycles. The Kier molecular flexibility index (Phi) is 10.3. The number of aromatic amines is 1. The summed E-state index contributed by atoms with van der Waals surface area (Å²) in [5, 5.41) is 16.5. The molecule has 0 bridgehead atoms. The second-order valence-electron chi connectivity index (χ2n) is 8.56. The van der Waals surface area contributed by atoms with Crippen LogP contribution in [0.4, 0.5) is 9.18 Å². The number of aliphatic carboxylic acids is 1. The number of carbonyl (C=O) groups excluding carboxylic acids is 3. The van der Waals surface area contributed by atoms with E-state index in [1.807, 2.05) is 0 Å². The predicted molar refractivity (Wildman–Crippen MR) is 139 cm³/mol. The average Bonchev–Trinajstić information content (AvgIpc) is 3.41. The highest BCUT2D eigenvalue weighted by Gasteiger charge is 2.25. The monoisotopic (exact) mass is 574 g/mol. The number of amides is 4. The first-order valence-corrected chi connectivity index (χ1v) is 13.4. The molecule has 1 heterocycles. The summed E-state index contributed by atoms with van der Waals surface area (Å²) >= 11 is 0. The quantitative estimate of drug-likeness (QED) is 0.169. The fourth-order valence-electron chi connectivity index (χ4n) is 3.55. The zero-order valence-corrected chi connectivity index (χ0v) is 21.8. The van der Waals surface area contributed by atoms with Crippen molar-refractivity contribution >= 4 is 33.8 Å². The van der Waals surface area contributed by atoms with Gasteiger partial charge in [-0.2, -0.15) is 0 Å². The molecule has 212 valence electrons. The highest BCUT2D eigenvalue weighted by atomic mass is 32.2. The fourth-order valence-corrected chi connectivity index (χ4v) is 4.46. The van der Waals surface area contributed by atoms with Gasteiger partial charge in [-0.05, 0) is 29.8 Å². The van der Waals surface area contributed by atoms with E-state index in [2.05, 4.69) is 25.9 Å². The molecule has 0 saturated carbocycles. The average molecular weight is 575 g/mol. The van der Waals surface area contributed by atoms with Gasteiger partial charge < -0.3 is 26.0 Å². The number of carbonyl (C=O) groups is 4. The molecule has 3 rings (SSSR count). The van der Waals surface area contributed by atoms with Gasteiger partial charge in [-0.3, -0.25) is 9.59 Å². The molecule has 0 aliphatic heterocycles. The molecule has 13 nitrogen and oxygen atoms in total. The van der Waals surface area contributed by atoms with E-state index in [0.29, 0.717) is 11.3 Å². The number of hydrogen-bond donors (Lipinski definition) is 6. The van der Waals surface area contributed by atoms with Crippen LogP contribution >= 0.6 is 0 Å². The smallest absolute Gasteiger partial charge is 0.329 e. The van der Waals surface area contributed by atoms with Crippen LogP contribution < -0.4 is 20.7 Å². The van der Waals surface area contributed by atoms with Crippen molar-refractivity contribution in [1.29, 1.82) is 0 Å². The lowest BCUT2D eigenvalue weighted by atomic mass is 10.1. The van der Waals surface area contributed by atoms with Gasteiger partial charge in [-0.25, -0.2) is 32.1 Å². The summed E-state index contributed by atoms with van der Waals surface area (Å²) in [6.07, 6.45) is 2.52. The number of rotatable bonds is 13. The second-order valence-corrected chi connectivity index (χ2v) is 10.2. The van der Waals surface area contributed by atoms with Crippen LogP contribution in [0.3, 0.4) is 0 Å². The third-order valence-electron chi connectivity index (χ3n) is 5.52. The number of H-pyrrole nitrogens is 1. The van der Waals surface area contributed by atoms with Gasteiger partial charge in [0.2, 0.25) is 11.8 Å². The summed E-state index contributed by atoms with van der Waals surface area (Å²) in [6.45, 7) is -0.191. The highest BCUT2D eigenvalue weighted by Crippen LogP contribution is 2.10. The van der Waals surface area contributed by atoms with Gasteiger partial charge in [-0.15, -0.1) is 0 Å². The lowest BCUT2D eigenvalue weighted by Crippen LogP contribution is -2.52. The van der Waals surface area contributed by atoms with Crippen molar-refractivity contribution in [2.45, 2.75) is 36.2 Å². The van der Waals surface area contributed by atoms with Gasteiger partial charge in [-0.1, -0.05) is 30.3 Å². The normalized spacial score (nSPS) is 12.5. The van der Waals surface area contributed by atoms with Crippen LogP contribution in [0.1, 0.15) is 17.7 Å². The second kappa shape index (κ2) is 13.8. The van der Waals surface area contributed by atoms with E-state index in [9.17, 15) is 37.1 Å². The van der Waals surface area contributed by atoms with Crippen LogP contribution in [0.5, 0.6) is 0 Å². The Morgan fingerprint density at radius 2 is 1.65 bits per heavy atom. The van der Waals surface area contributed by atoms with E-state index in [4.69, 9.17) is 0 Å². The zero-order valence-electron chi connectivity index (χ0n) is 21.0. The summed E-state index contributed by atoms with van der Waals surface area (Å²) in [5.74, 6) is -3.25. The van der Waals surface area contributed by atoms with E-state index < -0.39 is 51.7 Å². The number of halogens is 1. The Morgan fingerprint density at radius 1 is 0.950 bits per heavy atom. The van der Waals surface area contributed by atoms with E-state index in [1.165, 1.54) is 12.5 Å². The molecule has 0 spiro atoms. The number of hydrogen-bond acceptors (Lipinski definition) is 7. The maximum Gasteiger partial charge on any atom is 0.329 e. The van der Waals surface area contributed by atoms with Gasteiger partial charge in [0.15, 0.2) is 0 Å². The molecule has 0 saturated heterocycles. The molecule has 0 aliphatic rings. The number of imidazole rings is 1. The van der Waals surface area contributed by atoms with E-state index in [0.717, 1.165) is 24.3 Å². The van der Waals surface area contributed by atoms with Crippen molar-refractivity contribution < 1.29 is 37.1 Å². The number of carboxylic acid groups (broad SMARTS) is 1. The first-order valence-electron chi connectivity index (χ1n) is 11.9. The van der Waals surface area contributed by atoms with Gasteiger partial charge in [0.05, 0.1) is 11.2 Å². The summed E-state index contributed by atoms with van der Waals surface area (Å²) in [4.78, 5) is 55.4. The molecule has 40 heavy (non-hydrogen) atoms. The van der Waals surface area contributed by atoms with E-state index >= 15 is 0 Å². The zero-order chi connectivity index (χ0) is 29.1. The van der Waals surface area contributed by atoms with Crippen molar-refractivity contribution in [1.82, 2.24) is 30.6 Å². The van der Waals surface area contributed by atoms with E-state index in [-0.39, 0.29) is 30.7 Å². The van der Waals surface area contributed by atoms with Crippen LogP contribution in [0.15, 0.2) is 72.0 Å². The van der Waals surface area contributed by atoms with Gasteiger partial charge in [0.25, 0.3) is 10.0 Å². The molecule has 0 aliphatic carbocycles. The molecule has 3 aromatic rings. The first kappa shape index (κ1) is 29.8. The predicted octanol–water partition coefficient (Wildman–Crippen LogP) is 0.466. The number of benzene rings is 2. The third kappa shape index (κ3) is 9.20. The van der Waals surface area contributed by atoms with Crippen LogP contribution in [-0.4, -0.2) is 65.9 Å². The molecule has 0 fully saturated rings. The molecule has 15 heteroatoms. The summed E-state index contributed by atoms with van der Waals surface area (Å²) < 4.78 is 39.8. The van der Waals surface area contributed by atoms with Crippen molar-refractivity contribution in [3.63, 3.8) is 0 Å². The molecule has 4 amide bonds. The van der Waals surface area contributed by atoms with Crippen LogP contribution in [-0.2, 0) is 37.2 Å². The maximum absolute atomic E-state index is 13.1. The number of nitrogens with one attached hydrogen (secondary N) is 5. The standard InChI is InChI=1S/C25H27FN6O7S/c26-17-6-8-19(9-7-17)40(38,39)32-25(37)31-20(12-16-4-2-1-3-5-16)23(34)28-11-10-22(33)30-21(24(35)36)13-18-14-27-15-29-18/h1-9,14-15,20-21H,10-13H2,(H,27,29)(H,28,34)(H,30,33)(H,35,36)(H2,31,32,37)/t20-,21-/m0/s1. The number of urea groups is 1. The van der Waals surface area contributed by atoms with Crippen molar-refractivity contribution in [3.05, 3.63) is 84.2 Å². The van der Waals surface area contributed by atoms with E-state index in [1.54, 1.807) is 35.1 Å². The van der Waals surface area contributed by atoms with Gasteiger partial charge >= 0.3 is 12.0 Å². The lowest BCUT2D eigenvalue weighted by molar-refractivity contribution is -0.141. The largest absolute Gasteiger partial charge is 0.480 e. The number of sulfonamides is 1. The molecule has 6 N–H and O–H groups in total. The SMILES string of the molecule is O=C(CCNC(=O)[C@H](Cc1ccccc1)NC(=O)NS(=O)(=O)c1ccc(F)cc1)N[C@@H](Cc1cnc[nH]1)C(=O)O.